The number of ether oxygens (including phenoxy) is 1. The van der Waals surface area contributed by atoms with Crippen molar-refractivity contribution in [3.05, 3.63) is 96.1 Å². The van der Waals surface area contributed by atoms with Gasteiger partial charge in [0, 0.05) is 49.7 Å². The molecule has 200 valence electrons. The van der Waals surface area contributed by atoms with Crippen LogP contribution in [0.25, 0.3) is 10.8 Å². The lowest BCUT2D eigenvalue weighted by atomic mass is 10.1. The van der Waals surface area contributed by atoms with Crippen molar-refractivity contribution in [2.24, 2.45) is 0 Å². The Hall–Kier alpha value is -4.52. The molecule has 4 aromatic rings. The first kappa shape index (κ1) is 26.1. The number of para-hydroxylation sites is 2. The Kier molecular flexibility index (Phi) is 7.96. The first-order valence-electron chi connectivity index (χ1n) is 13.4. The Bertz CT molecular complexity index is 1480. The number of carbonyl (C=O) groups is 2. The van der Waals surface area contributed by atoms with Crippen molar-refractivity contribution in [1.82, 2.24) is 5.32 Å². The summed E-state index contributed by atoms with van der Waals surface area (Å²) in [5.74, 6) is 0.511. The average Bonchev–Trinajstić information content (AvgIpc) is 2.99. The summed E-state index contributed by atoms with van der Waals surface area (Å²) in [6.07, 6.45) is 0.844. The highest BCUT2D eigenvalue weighted by molar-refractivity contribution is 6.08. The number of rotatable bonds is 8. The first-order chi connectivity index (χ1) is 19.1. The number of piperazine rings is 1. The van der Waals surface area contributed by atoms with Gasteiger partial charge in [-0.25, -0.2) is 0 Å². The second-order valence-corrected chi connectivity index (χ2v) is 9.65. The summed E-state index contributed by atoms with van der Waals surface area (Å²) in [6, 6.07) is 27.2. The molecule has 7 nitrogen and oxygen atoms in total. The van der Waals surface area contributed by atoms with E-state index in [0.717, 1.165) is 60.5 Å². The predicted octanol–water partition coefficient (Wildman–Crippen LogP) is 5.57. The van der Waals surface area contributed by atoms with Gasteiger partial charge in [-0.05, 0) is 59.7 Å². The van der Waals surface area contributed by atoms with Crippen LogP contribution in [-0.4, -0.2) is 51.6 Å². The average molecular weight is 523 g/mol. The molecule has 0 aliphatic carbocycles. The summed E-state index contributed by atoms with van der Waals surface area (Å²) in [5, 5.41) is 8.08. The summed E-state index contributed by atoms with van der Waals surface area (Å²) in [6.45, 7) is 5.74. The van der Waals surface area contributed by atoms with Crippen LogP contribution in [0.15, 0.2) is 84.9 Å². The lowest BCUT2D eigenvalue weighted by Crippen LogP contribution is -2.47. The normalized spacial score (nSPS) is 13.3. The second-order valence-electron chi connectivity index (χ2n) is 9.65. The van der Waals surface area contributed by atoms with E-state index in [2.05, 4.69) is 26.5 Å². The molecule has 0 spiro atoms. The second kappa shape index (κ2) is 11.9. The minimum absolute atomic E-state index is 0.138. The van der Waals surface area contributed by atoms with Gasteiger partial charge in [0.15, 0.2) is 0 Å². The number of hydrogen-bond acceptors (Lipinski definition) is 5. The molecule has 0 saturated carbocycles. The summed E-state index contributed by atoms with van der Waals surface area (Å²) in [7, 11) is 1.69. The standard InChI is InChI=1S/C32H34N4O3/c1-3-16-33-32(38)27-22-26(34-31(37)25-13-12-23-8-4-5-9-24(23)21-25)14-15-28(27)35-17-19-36(20-18-35)29-10-6-7-11-30(29)39-2/h4-15,21-22H,3,16-20H2,1-2H3,(H,33,38)(H,34,37). The first-order valence-corrected chi connectivity index (χ1v) is 13.4. The molecule has 0 unspecified atom stereocenters. The van der Waals surface area contributed by atoms with Crippen LogP contribution in [0.3, 0.4) is 0 Å². The number of carbonyl (C=O) groups excluding carboxylic acids is 2. The van der Waals surface area contributed by atoms with Crippen LogP contribution >= 0.6 is 0 Å². The van der Waals surface area contributed by atoms with E-state index in [1.807, 2.05) is 79.7 Å². The molecule has 0 atom stereocenters. The van der Waals surface area contributed by atoms with Crippen LogP contribution in [0.1, 0.15) is 34.1 Å². The van der Waals surface area contributed by atoms with Crippen LogP contribution in [0, 0.1) is 0 Å². The van der Waals surface area contributed by atoms with E-state index in [1.165, 1.54) is 0 Å². The van der Waals surface area contributed by atoms with Crippen molar-refractivity contribution in [2.75, 3.05) is 55.0 Å². The van der Waals surface area contributed by atoms with Crippen molar-refractivity contribution in [1.29, 1.82) is 0 Å². The van der Waals surface area contributed by atoms with Crippen LogP contribution < -0.4 is 25.2 Å². The molecule has 4 aromatic carbocycles. The van der Waals surface area contributed by atoms with E-state index in [9.17, 15) is 9.59 Å². The summed E-state index contributed by atoms with van der Waals surface area (Å²) < 4.78 is 5.55. The van der Waals surface area contributed by atoms with E-state index in [4.69, 9.17) is 4.74 Å². The minimum atomic E-state index is -0.209. The fourth-order valence-corrected chi connectivity index (χ4v) is 5.02. The molecule has 5 rings (SSSR count). The van der Waals surface area contributed by atoms with Crippen molar-refractivity contribution in [3.8, 4) is 5.75 Å². The number of fused-ring (bicyclic) bond motifs is 1. The molecule has 0 radical (unpaired) electrons. The van der Waals surface area contributed by atoms with Crippen molar-refractivity contribution in [3.63, 3.8) is 0 Å². The van der Waals surface area contributed by atoms with Crippen LogP contribution in [0.4, 0.5) is 17.1 Å². The third-order valence-corrected chi connectivity index (χ3v) is 7.09. The molecular weight excluding hydrogens is 488 g/mol. The molecule has 1 aliphatic heterocycles. The van der Waals surface area contributed by atoms with Crippen molar-refractivity contribution < 1.29 is 14.3 Å². The fraction of sp³-hybridized carbons (Fsp3) is 0.250. The van der Waals surface area contributed by atoms with Crippen LogP contribution in [0.2, 0.25) is 0 Å². The molecule has 39 heavy (non-hydrogen) atoms. The summed E-state index contributed by atoms with van der Waals surface area (Å²) in [5.41, 5.74) is 3.67. The quantitative estimate of drug-likeness (QED) is 0.317. The van der Waals surface area contributed by atoms with E-state index in [1.54, 1.807) is 13.2 Å². The highest BCUT2D eigenvalue weighted by atomic mass is 16.5. The van der Waals surface area contributed by atoms with Crippen LogP contribution in [0.5, 0.6) is 5.75 Å². The van der Waals surface area contributed by atoms with Gasteiger partial charge in [0.05, 0.1) is 18.4 Å². The molecular formula is C32H34N4O3. The highest BCUT2D eigenvalue weighted by Crippen LogP contribution is 2.31. The molecule has 2 N–H and O–H groups in total. The Labute approximate surface area is 229 Å². The van der Waals surface area contributed by atoms with Crippen molar-refractivity contribution in [2.45, 2.75) is 13.3 Å². The van der Waals surface area contributed by atoms with Gasteiger partial charge in [0.2, 0.25) is 0 Å². The Morgan fingerprint density at radius 2 is 1.46 bits per heavy atom. The Balaban J connectivity index is 1.35. The van der Waals surface area contributed by atoms with Gasteiger partial charge in [-0.3, -0.25) is 9.59 Å². The van der Waals surface area contributed by atoms with Crippen LogP contribution in [-0.2, 0) is 0 Å². The maximum Gasteiger partial charge on any atom is 0.255 e. The summed E-state index contributed by atoms with van der Waals surface area (Å²) >= 11 is 0. The lowest BCUT2D eigenvalue weighted by Gasteiger charge is -2.38. The molecule has 0 aromatic heterocycles. The lowest BCUT2D eigenvalue weighted by molar-refractivity contribution is 0.0952. The largest absolute Gasteiger partial charge is 0.495 e. The molecule has 0 bridgehead atoms. The number of methoxy groups -OCH3 is 1. The number of hydrogen-bond donors (Lipinski definition) is 2. The molecule has 1 heterocycles. The van der Waals surface area contributed by atoms with Gasteiger partial charge in [-0.15, -0.1) is 0 Å². The molecule has 1 saturated heterocycles. The van der Waals surface area contributed by atoms with Gasteiger partial charge >= 0.3 is 0 Å². The molecule has 1 fully saturated rings. The Morgan fingerprint density at radius 1 is 0.769 bits per heavy atom. The third-order valence-electron chi connectivity index (χ3n) is 7.09. The maximum atomic E-state index is 13.2. The van der Waals surface area contributed by atoms with Crippen molar-refractivity contribution >= 4 is 39.6 Å². The number of nitrogens with one attached hydrogen (secondary N) is 2. The van der Waals surface area contributed by atoms with E-state index in [-0.39, 0.29) is 11.8 Å². The minimum Gasteiger partial charge on any atom is -0.495 e. The fourth-order valence-electron chi connectivity index (χ4n) is 5.02. The van der Waals surface area contributed by atoms with Gasteiger partial charge in [-0.2, -0.15) is 0 Å². The SMILES string of the molecule is CCCNC(=O)c1cc(NC(=O)c2ccc3ccccc3c2)ccc1N1CCN(c2ccccc2OC)CC1. The molecule has 2 amide bonds. The van der Waals surface area contributed by atoms with Gasteiger partial charge in [0.25, 0.3) is 11.8 Å². The van der Waals surface area contributed by atoms with Gasteiger partial charge < -0.3 is 25.2 Å². The number of nitrogens with zero attached hydrogens (tertiary/aromatic N) is 2. The van der Waals surface area contributed by atoms with Gasteiger partial charge in [-0.1, -0.05) is 49.4 Å². The molecule has 7 heteroatoms. The van der Waals surface area contributed by atoms with Gasteiger partial charge in [0.1, 0.15) is 5.75 Å². The smallest absolute Gasteiger partial charge is 0.255 e. The zero-order valence-corrected chi connectivity index (χ0v) is 22.4. The number of anilines is 3. The zero-order valence-electron chi connectivity index (χ0n) is 22.4. The monoisotopic (exact) mass is 522 g/mol. The van der Waals surface area contributed by atoms with E-state index in [0.29, 0.717) is 23.4 Å². The number of benzene rings is 4. The zero-order chi connectivity index (χ0) is 27.2. The number of amides is 2. The highest BCUT2D eigenvalue weighted by Gasteiger charge is 2.24. The topological polar surface area (TPSA) is 73.9 Å². The summed E-state index contributed by atoms with van der Waals surface area (Å²) in [4.78, 5) is 30.8. The predicted molar refractivity (Wildman–Crippen MR) is 158 cm³/mol. The van der Waals surface area contributed by atoms with E-state index >= 15 is 0 Å². The molecule has 1 aliphatic rings. The third kappa shape index (κ3) is 5.82. The maximum absolute atomic E-state index is 13.2. The Morgan fingerprint density at radius 3 is 2.21 bits per heavy atom. The van der Waals surface area contributed by atoms with E-state index < -0.39 is 0 Å².